The van der Waals surface area contributed by atoms with Gasteiger partial charge in [0.25, 0.3) is 0 Å². The number of carbonyl (C=O) groups excluding carboxylic acids is 1. The maximum Gasteiger partial charge on any atom is 0.224 e. The highest BCUT2D eigenvalue weighted by molar-refractivity contribution is 6.18. The normalized spacial score (nSPS) is 13.7. The molecule has 0 radical (unpaired) electrons. The van der Waals surface area contributed by atoms with Crippen molar-refractivity contribution in [3.8, 4) is 5.88 Å². The molecule has 9 heteroatoms. The number of fused-ring (bicyclic) bond motifs is 1. The molecule has 1 fully saturated rings. The average Bonchev–Trinajstić information content (AvgIpc) is 3.21. The number of pyridine rings is 2. The topological polar surface area (TPSA) is 106 Å². The van der Waals surface area contributed by atoms with Crippen LogP contribution >= 0.6 is 0 Å². The Hall–Kier alpha value is -3.88. The highest BCUT2D eigenvalue weighted by Gasteiger charge is 2.24. The second kappa shape index (κ2) is 8.33. The van der Waals surface area contributed by atoms with E-state index in [4.69, 9.17) is 4.74 Å². The lowest BCUT2D eigenvalue weighted by Gasteiger charge is -2.27. The third-order valence-electron chi connectivity index (χ3n) is 5.70. The number of aromatic amines is 1. The molecule has 0 saturated heterocycles. The number of halogens is 1. The van der Waals surface area contributed by atoms with Gasteiger partial charge in [0, 0.05) is 36.6 Å². The Kier molecular flexibility index (Phi) is 5.22. The molecule has 32 heavy (non-hydrogen) atoms. The van der Waals surface area contributed by atoms with Gasteiger partial charge in [-0.05, 0) is 37.0 Å². The molecule has 4 aromatic heterocycles. The summed E-state index contributed by atoms with van der Waals surface area (Å²) in [5.74, 6) is -0.192. The van der Waals surface area contributed by atoms with Crippen LogP contribution in [-0.2, 0) is 6.42 Å². The summed E-state index contributed by atoms with van der Waals surface area (Å²) >= 11 is 0. The van der Waals surface area contributed by atoms with Gasteiger partial charge in [-0.3, -0.25) is 4.79 Å². The average molecular weight is 432 g/mol. The number of H-pyrrole nitrogens is 1. The molecule has 0 aromatic carbocycles. The van der Waals surface area contributed by atoms with Crippen LogP contribution in [0.5, 0.6) is 5.88 Å². The summed E-state index contributed by atoms with van der Waals surface area (Å²) in [6.07, 6.45) is 8.31. The van der Waals surface area contributed by atoms with Crippen molar-refractivity contribution in [3.63, 3.8) is 0 Å². The van der Waals surface area contributed by atoms with E-state index in [2.05, 4.69) is 30.2 Å². The van der Waals surface area contributed by atoms with E-state index < -0.39 is 11.7 Å². The number of methoxy groups -OCH3 is 1. The minimum Gasteiger partial charge on any atom is -0.481 e. The Labute approximate surface area is 183 Å². The molecular weight excluding hydrogens is 411 g/mol. The summed E-state index contributed by atoms with van der Waals surface area (Å²) < 4.78 is 19.9. The summed E-state index contributed by atoms with van der Waals surface area (Å²) in [5, 5.41) is 3.93. The second-order valence-electron chi connectivity index (χ2n) is 7.78. The van der Waals surface area contributed by atoms with Crippen molar-refractivity contribution in [2.75, 3.05) is 12.4 Å². The summed E-state index contributed by atoms with van der Waals surface area (Å²) in [4.78, 5) is 32.9. The third-order valence-corrected chi connectivity index (χ3v) is 5.70. The largest absolute Gasteiger partial charge is 0.481 e. The summed E-state index contributed by atoms with van der Waals surface area (Å²) in [5.41, 5.74) is 2.11. The fourth-order valence-electron chi connectivity index (χ4n) is 3.73. The predicted molar refractivity (Wildman–Crippen MR) is 116 cm³/mol. The smallest absolute Gasteiger partial charge is 0.224 e. The number of nitrogens with one attached hydrogen (secondary N) is 2. The maximum atomic E-state index is 14.9. The number of hydrogen-bond acceptors (Lipinski definition) is 7. The van der Waals surface area contributed by atoms with E-state index in [1.54, 1.807) is 31.6 Å². The van der Waals surface area contributed by atoms with Crippen LogP contribution < -0.4 is 10.1 Å². The lowest BCUT2D eigenvalue weighted by Crippen LogP contribution is -2.27. The van der Waals surface area contributed by atoms with Gasteiger partial charge in [0.15, 0.2) is 5.78 Å². The monoisotopic (exact) mass is 432 g/mol. The van der Waals surface area contributed by atoms with E-state index in [-0.39, 0.29) is 5.56 Å². The molecule has 162 valence electrons. The first kappa shape index (κ1) is 20.0. The number of ether oxygens (including phenoxy) is 1. The van der Waals surface area contributed by atoms with Crippen molar-refractivity contribution < 1.29 is 13.9 Å². The van der Waals surface area contributed by atoms with E-state index >= 15 is 0 Å². The molecular formula is C23H21FN6O2. The van der Waals surface area contributed by atoms with Crippen molar-refractivity contribution in [1.29, 1.82) is 0 Å². The molecule has 0 spiro atoms. The molecule has 1 aliphatic carbocycles. The van der Waals surface area contributed by atoms with Crippen LogP contribution in [-0.4, -0.2) is 43.9 Å². The Morgan fingerprint density at radius 3 is 2.75 bits per heavy atom. The molecule has 0 amide bonds. The van der Waals surface area contributed by atoms with E-state index in [9.17, 15) is 9.18 Å². The minimum absolute atomic E-state index is 0.0963. The Balaban J connectivity index is 1.42. The van der Waals surface area contributed by atoms with Crippen LogP contribution in [0.25, 0.3) is 11.0 Å². The Morgan fingerprint density at radius 2 is 2.06 bits per heavy atom. The van der Waals surface area contributed by atoms with Gasteiger partial charge in [0.1, 0.15) is 17.8 Å². The van der Waals surface area contributed by atoms with Crippen molar-refractivity contribution in [2.24, 2.45) is 0 Å². The van der Waals surface area contributed by atoms with Crippen LogP contribution in [0.3, 0.4) is 0 Å². The first-order valence-electron chi connectivity index (χ1n) is 10.4. The van der Waals surface area contributed by atoms with Crippen molar-refractivity contribution >= 4 is 22.6 Å². The number of nitrogens with zero attached hydrogens (tertiary/aromatic N) is 4. The van der Waals surface area contributed by atoms with E-state index in [1.807, 2.05) is 6.07 Å². The van der Waals surface area contributed by atoms with Crippen LogP contribution in [0.4, 0.5) is 10.2 Å². The SMILES string of the molecule is COc1ccc(Cc2ccc(C(=O)c3c[nH]c4ncnc(NC5CCC5)c34)c(F)n2)cn1. The minimum atomic E-state index is -0.811. The number of carbonyl (C=O) groups is 1. The van der Waals surface area contributed by atoms with Crippen molar-refractivity contribution in [3.05, 3.63) is 71.3 Å². The molecule has 0 aliphatic heterocycles. The van der Waals surface area contributed by atoms with Gasteiger partial charge in [-0.1, -0.05) is 6.07 Å². The van der Waals surface area contributed by atoms with Gasteiger partial charge in [-0.25, -0.2) is 19.9 Å². The number of rotatable bonds is 7. The lowest BCUT2D eigenvalue weighted by atomic mass is 9.93. The molecule has 5 rings (SSSR count). The van der Waals surface area contributed by atoms with Crippen molar-refractivity contribution in [2.45, 2.75) is 31.7 Å². The number of ketones is 1. The number of hydrogen-bond donors (Lipinski definition) is 2. The quantitative estimate of drug-likeness (QED) is 0.339. The molecule has 2 N–H and O–H groups in total. The van der Waals surface area contributed by atoms with Gasteiger partial charge >= 0.3 is 0 Å². The molecule has 8 nitrogen and oxygen atoms in total. The molecule has 0 unspecified atom stereocenters. The van der Waals surface area contributed by atoms with E-state index in [0.717, 1.165) is 18.4 Å². The van der Waals surface area contributed by atoms with Crippen molar-refractivity contribution in [1.82, 2.24) is 24.9 Å². The zero-order valence-electron chi connectivity index (χ0n) is 17.4. The van der Waals surface area contributed by atoms with Gasteiger partial charge in [0.2, 0.25) is 11.8 Å². The van der Waals surface area contributed by atoms with Gasteiger partial charge < -0.3 is 15.0 Å². The highest BCUT2D eigenvalue weighted by Crippen LogP contribution is 2.29. The molecule has 1 aliphatic rings. The first-order chi connectivity index (χ1) is 15.6. The molecule has 0 atom stereocenters. The Bertz CT molecular complexity index is 1280. The van der Waals surface area contributed by atoms with E-state index in [0.29, 0.717) is 46.5 Å². The maximum absolute atomic E-state index is 14.9. The van der Waals surface area contributed by atoms with Crippen LogP contribution in [0.15, 0.2) is 43.0 Å². The highest BCUT2D eigenvalue weighted by atomic mass is 19.1. The summed E-state index contributed by atoms with van der Waals surface area (Å²) in [6.45, 7) is 0. The van der Waals surface area contributed by atoms with E-state index in [1.165, 1.54) is 18.8 Å². The first-order valence-corrected chi connectivity index (χ1v) is 10.4. The van der Waals surface area contributed by atoms with Crippen LogP contribution in [0.1, 0.15) is 46.4 Å². The van der Waals surface area contributed by atoms with Crippen LogP contribution in [0.2, 0.25) is 0 Å². The molecule has 4 heterocycles. The van der Waals surface area contributed by atoms with Gasteiger partial charge in [-0.15, -0.1) is 0 Å². The fraction of sp³-hybridized carbons (Fsp3) is 0.261. The summed E-state index contributed by atoms with van der Waals surface area (Å²) in [7, 11) is 1.54. The fourth-order valence-corrected chi connectivity index (χ4v) is 3.73. The second-order valence-corrected chi connectivity index (χ2v) is 7.78. The van der Waals surface area contributed by atoms with Gasteiger partial charge in [0.05, 0.1) is 23.6 Å². The zero-order chi connectivity index (χ0) is 22.1. The summed E-state index contributed by atoms with van der Waals surface area (Å²) in [6, 6.07) is 7.03. The molecule has 0 bridgehead atoms. The third kappa shape index (κ3) is 3.77. The molecule has 1 saturated carbocycles. The predicted octanol–water partition coefficient (Wildman–Crippen LogP) is 3.68. The van der Waals surface area contributed by atoms with Crippen LogP contribution in [0, 0.1) is 5.95 Å². The molecule has 4 aromatic rings. The zero-order valence-corrected chi connectivity index (χ0v) is 17.4. The standard InChI is InChI=1S/C23H21FN6O2/c1-32-18-8-5-13(10-25-18)9-15-6-7-16(21(24)29-15)20(31)17-11-26-22-19(17)23(28-12-27-22)30-14-3-2-4-14/h5-8,10-12,14H,2-4,9H2,1H3,(H2,26,27,28,30). The van der Waals surface area contributed by atoms with Gasteiger partial charge in [-0.2, -0.15) is 4.39 Å². The number of anilines is 1. The lowest BCUT2D eigenvalue weighted by molar-refractivity contribution is 0.103. The number of aromatic nitrogens is 5. The Morgan fingerprint density at radius 1 is 1.19 bits per heavy atom.